The van der Waals surface area contributed by atoms with Crippen molar-refractivity contribution in [3.63, 3.8) is 0 Å². The van der Waals surface area contributed by atoms with Gasteiger partial charge in [0.2, 0.25) is 15.9 Å². The molecule has 0 bridgehead atoms. The number of methoxy groups -OCH3 is 1. The molecular formula is C19H24BrN3O4S. The van der Waals surface area contributed by atoms with Gasteiger partial charge in [-0.1, -0.05) is 15.9 Å². The smallest absolute Gasteiger partial charge is 0.243 e. The second-order valence-electron chi connectivity index (χ2n) is 6.51. The van der Waals surface area contributed by atoms with Gasteiger partial charge >= 0.3 is 0 Å². The number of carbonyl (C=O) groups is 1. The maximum absolute atomic E-state index is 12.6. The fourth-order valence-corrected chi connectivity index (χ4v) is 4.11. The molecule has 0 fully saturated rings. The highest BCUT2D eigenvalue weighted by Crippen LogP contribution is 2.24. The second kappa shape index (κ2) is 9.02. The molecule has 2 rings (SSSR count). The normalized spacial score (nSPS) is 11.5. The first-order valence-electron chi connectivity index (χ1n) is 8.52. The van der Waals surface area contributed by atoms with E-state index in [4.69, 9.17) is 4.74 Å². The van der Waals surface area contributed by atoms with Gasteiger partial charge in [0.25, 0.3) is 0 Å². The zero-order chi connectivity index (χ0) is 21.1. The second-order valence-corrected chi connectivity index (χ2v) is 9.47. The number of amides is 1. The molecule has 1 amide bonds. The number of rotatable bonds is 7. The molecule has 0 spiro atoms. The van der Waals surface area contributed by atoms with Gasteiger partial charge in [-0.2, -0.15) is 4.31 Å². The number of aryl methyl sites for hydroxylation is 1. The van der Waals surface area contributed by atoms with Crippen molar-refractivity contribution in [2.75, 3.05) is 27.7 Å². The van der Waals surface area contributed by atoms with Crippen LogP contribution in [0.4, 0.5) is 0 Å². The third-order valence-corrected chi connectivity index (χ3v) is 6.79. The Labute approximate surface area is 174 Å². The lowest BCUT2D eigenvalue weighted by Crippen LogP contribution is -2.39. The molecule has 28 heavy (non-hydrogen) atoms. The van der Waals surface area contributed by atoms with Crippen molar-refractivity contribution in [3.8, 4) is 5.75 Å². The molecule has 1 aromatic heterocycles. The molecule has 0 unspecified atom stereocenters. The van der Waals surface area contributed by atoms with Crippen molar-refractivity contribution in [2.24, 2.45) is 0 Å². The van der Waals surface area contributed by atoms with Gasteiger partial charge < -0.3 is 9.64 Å². The van der Waals surface area contributed by atoms with Gasteiger partial charge in [0.15, 0.2) is 0 Å². The van der Waals surface area contributed by atoms with Gasteiger partial charge in [-0.15, -0.1) is 0 Å². The summed E-state index contributed by atoms with van der Waals surface area (Å²) in [6, 6.07) is 6.29. The minimum absolute atomic E-state index is 0.134. The molecule has 9 heteroatoms. The lowest BCUT2D eigenvalue weighted by molar-refractivity contribution is -0.130. The van der Waals surface area contributed by atoms with E-state index in [2.05, 4.69) is 20.9 Å². The van der Waals surface area contributed by atoms with Gasteiger partial charge in [-0.05, 0) is 38.1 Å². The Balaban J connectivity index is 2.11. The SMILES string of the molecule is COc1c(C)cnc(CN(C)C(=O)CN(C)S(=O)(=O)c2ccc(Br)cc2)c1C. The molecule has 1 aromatic carbocycles. The van der Waals surface area contributed by atoms with Crippen LogP contribution in [0.5, 0.6) is 5.75 Å². The molecule has 1 heterocycles. The molecule has 0 radical (unpaired) electrons. The van der Waals surface area contributed by atoms with E-state index in [9.17, 15) is 13.2 Å². The van der Waals surface area contributed by atoms with E-state index in [1.807, 2.05) is 13.8 Å². The van der Waals surface area contributed by atoms with E-state index in [-0.39, 0.29) is 23.9 Å². The number of hydrogen-bond donors (Lipinski definition) is 0. The number of nitrogens with zero attached hydrogens (tertiary/aromatic N) is 3. The summed E-state index contributed by atoms with van der Waals surface area (Å²) in [6.07, 6.45) is 1.70. The number of benzene rings is 1. The minimum Gasteiger partial charge on any atom is -0.496 e. The highest BCUT2D eigenvalue weighted by molar-refractivity contribution is 9.10. The Morgan fingerprint density at radius 1 is 1.18 bits per heavy atom. The van der Waals surface area contributed by atoms with Crippen molar-refractivity contribution in [3.05, 3.63) is 51.8 Å². The van der Waals surface area contributed by atoms with Crippen LogP contribution < -0.4 is 4.74 Å². The predicted octanol–water partition coefficient (Wildman–Crippen LogP) is 2.75. The molecule has 2 aromatic rings. The number of ether oxygens (including phenoxy) is 1. The lowest BCUT2D eigenvalue weighted by atomic mass is 10.1. The number of pyridine rings is 1. The van der Waals surface area contributed by atoms with Crippen molar-refractivity contribution < 1.29 is 17.9 Å². The molecule has 0 N–H and O–H groups in total. The predicted molar refractivity (Wildman–Crippen MR) is 111 cm³/mol. The fraction of sp³-hybridized carbons (Fsp3) is 0.368. The minimum atomic E-state index is -3.75. The van der Waals surface area contributed by atoms with Crippen LogP contribution in [0.1, 0.15) is 16.8 Å². The van der Waals surface area contributed by atoms with E-state index >= 15 is 0 Å². The molecule has 7 nitrogen and oxygen atoms in total. The monoisotopic (exact) mass is 469 g/mol. The van der Waals surface area contributed by atoms with Crippen LogP contribution >= 0.6 is 15.9 Å². The first kappa shape index (κ1) is 22.3. The summed E-state index contributed by atoms with van der Waals surface area (Å²) < 4.78 is 32.5. The van der Waals surface area contributed by atoms with Crippen molar-refractivity contribution in [1.29, 1.82) is 0 Å². The molecule has 0 saturated carbocycles. The summed E-state index contributed by atoms with van der Waals surface area (Å²) in [6.45, 7) is 3.78. The third kappa shape index (κ3) is 4.89. The zero-order valence-electron chi connectivity index (χ0n) is 16.6. The number of halogens is 1. The van der Waals surface area contributed by atoms with Crippen LogP contribution in [0.25, 0.3) is 0 Å². The summed E-state index contributed by atoms with van der Waals surface area (Å²) in [5.41, 5.74) is 2.48. The van der Waals surface area contributed by atoms with Gasteiger partial charge in [0.05, 0.1) is 30.8 Å². The van der Waals surface area contributed by atoms with E-state index in [1.54, 1.807) is 32.5 Å². The molecule has 0 saturated heterocycles. The maximum Gasteiger partial charge on any atom is 0.243 e. The molecule has 0 aliphatic heterocycles. The quantitative estimate of drug-likeness (QED) is 0.622. The summed E-state index contributed by atoms with van der Waals surface area (Å²) in [5, 5.41) is 0. The zero-order valence-corrected chi connectivity index (χ0v) is 19.0. The van der Waals surface area contributed by atoms with Crippen LogP contribution in [0, 0.1) is 13.8 Å². The number of sulfonamides is 1. The molecule has 152 valence electrons. The maximum atomic E-state index is 12.6. The van der Waals surface area contributed by atoms with E-state index in [0.717, 1.165) is 25.7 Å². The van der Waals surface area contributed by atoms with Crippen LogP contribution in [0.2, 0.25) is 0 Å². The van der Waals surface area contributed by atoms with Crippen molar-refractivity contribution in [2.45, 2.75) is 25.3 Å². The van der Waals surface area contributed by atoms with Crippen molar-refractivity contribution >= 4 is 31.9 Å². The summed E-state index contributed by atoms with van der Waals surface area (Å²) in [7, 11) is 0.852. The van der Waals surface area contributed by atoms with E-state index in [0.29, 0.717) is 5.69 Å². The van der Waals surface area contributed by atoms with E-state index in [1.165, 1.54) is 24.1 Å². The summed E-state index contributed by atoms with van der Waals surface area (Å²) in [4.78, 5) is 18.5. The van der Waals surface area contributed by atoms with Gasteiger partial charge in [-0.25, -0.2) is 8.42 Å². The third-order valence-electron chi connectivity index (χ3n) is 4.44. The van der Waals surface area contributed by atoms with Crippen LogP contribution in [-0.2, 0) is 21.4 Å². The average Bonchev–Trinajstić information content (AvgIpc) is 2.64. The lowest BCUT2D eigenvalue weighted by Gasteiger charge is -2.23. The fourth-order valence-electron chi connectivity index (χ4n) is 2.73. The molecule has 0 atom stereocenters. The van der Waals surface area contributed by atoms with Crippen LogP contribution in [0.15, 0.2) is 39.8 Å². The average molecular weight is 470 g/mol. The van der Waals surface area contributed by atoms with E-state index < -0.39 is 10.0 Å². The van der Waals surface area contributed by atoms with Crippen molar-refractivity contribution in [1.82, 2.24) is 14.2 Å². The van der Waals surface area contributed by atoms with Crippen LogP contribution in [0.3, 0.4) is 0 Å². The Hall–Kier alpha value is -1.97. The topological polar surface area (TPSA) is 79.8 Å². The van der Waals surface area contributed by atoms with Crippen LogP contribution in [-0.4, -0.2) is 56.3 Å². The number of carbonyl (C=O) groups excluding carboxylic acids is 1. The van der Waals surface area contributed by atoms with Gasteiger partial charge in [-0.3, -0.25) is 9.78 Å². The number of hydrogen-bond acceptors (Lipinski definition) is 5. The Kier molecular flexibility index (Phi) is 7.19. The summed E-state index contributed by atoms with van der Waals surface area (Å²) >= 11 is 3.28. The molecule has 0 aliphatic carbocycles. The number of aromatic nitrogens is 1. The largest absolute Gasteiger partial charge is 0.496 e. The molecular weight excluding hydrogens is 446 g/mol. The Bertz CT molecular complexity index is 962. The van der Waals surface area contributed by atoms with Gasteiger partial charge in [0, 0.05) is 35.9 Å². The summed E-state index contributed by atoms with van der Waals surface area (Å²) in [5.74, 6) is 0.407. The Morgan fingerprint density at radius 2 is 1.79 bits per heavy atom. The first-order valence-corrected chi connectivity index (χ1v) is 10.8. The van der Waals surface area contributed by atoms with Gasteiger partial charge in [0.1, 0.15) is 5.75 Å². The highest BCUT2D eigenvalue weighted by Gasteiger charge is 2.24. The number of likely N-dealkylation sites (N-methyl/N-ethyl adjacent to an activating group) is 2. The molecule has 0 aliphatic rings. The first-order chi connectivity index (χ1) is 13.1. The Morgan fingerprint density at radius 3 is 2.36 bits per heavy atom. The highest BCUT2D eigenvalue weighted by atomic mass is 79.9. The standard InChI is InChI=1S/C19H24BrN3O4S/c1-13-10-21-17(14(2)19(13)27-5)11-22(3)18(24)12-23(4)28(25,26)16-8-6-15(20)7-9-16/h6-10H,11-12H2,1-5H3.